The van der Waals surface area contributed by atoms with Gasteiger partial charge in [0, 0.05) is 12.6 Å². The van der Waals surface area contributed by atoms with E-state index in [0.29, 0.717) is 19.2 Å². The highest BCUT2D eigenvalue weighted by molar-refractivity contribution is 5.89. The van der Waals surface area contributed by atoms with E-state index < -0.39 is 0 Å². The number of hydrogen-bond donors (Lipinski definition) is 1. The van der Waals surface area contributed by atoms with Gasteiger partial charge in [0.25, 0.3) is 0 Å². The van der Waals surface area contributed by atoms with Crippen LogP contribution in [-0.2, 0) is 4.74 Å². The monoisotopic (exact) mass is 234 g/mol. The summed E-state index contributed by atoms with van der Waals surface area (Å²) in [6, 6.07) is 8.29. The molecule has 0 saturated heterocycles. The summed E-state index contributed by atoms with van der Waals surface area (Å²) in [5, 5.41) is 3.27. The fraction of sp³-hybridized carbons (Fsp3) is 0.462. The normalized spacial score (nSPS) is 18.7. The number of ether oxygens (including phenoxy) is 1. The number of nitrogens with zero attached hydrogens (tertiary/aromatic N) is 1. The summed E-state index contributed by atoms with van der Waals surface area (Å²) < 4.78 is 5.07. The second-order valence-corrected chi connectivity index (χ2v) is 4.04. The first-order valence-corrected chi connectivity index (χ1v) is 5.98. The highest BCUT2D eigenvalue weighted by atomic mass is 16.6. The van der Waals surface area contributed by atoms with Gasteiger partial charge in [-0.1, -0.05) is 18.2 Å². The third kappa shape index (κ3) is 2.26. The number of carbonyl (C=O) groups is 1. The molecule has 0 spiro atoms. The lowest BCUT2D eigenvalue weighted by Crippen LogP contribution is -2.39. The van der Waals surface area contributed by atoms with E-state index in [4.69, 9.17) is 4.74 Å². The number of para-hydroxylation sites is 1. The topological polar surface area (TPSA) is 41.6 Å². The minimum absolute atomic E-state index is 0.255. The fourth-order valence-electron chi connectivity index (χ4n) is 2.25. The van der Waals surface area contributed by atoms with Crippen molar-refractivity contribution < 1.29 is 9.53 Å². The molecule has 92 valence electrons. The number of nitrogens with one attached hydrogen (secondary N) is 1. The van der Waals surface area contributed by atoms with Crippen LogP contribution in [0.2, 0.25) is 0 Å². The first-order valence-electron chi connectivity index (χ1n) is 5.98. The van der Waals surface area contributed by atoms with Gasteiger partial charge in [0.1, 0.15) is 0 Å². The number of amides is 1. The Bertz CT molecular complexity index is 406. The molecule has 1 amide bonds. The van der Waals surface area contributed by atoms with Crippen LogP contribution in [0.4, 0.5) is 10.5 Å². The van der Waals surface area contributed by atoms with E-state index in [1.807, 2.05) is 32.2 Å². The molecule has 0 radical (unpaired) electrons. The van der Waals surface area contributed by atoms with Gasteiger partial charge in [-0.25, -0.2) is 4.79 Å². The second kappa shape index (κ2) is 5.19. The van der Waals surface area contributed by atoms with Crippen molar-refractivity contribution in [3.05, 3.63) is 29.8 Å². The van der Waals surface area contributed by atoms with E-state index in [2.05, 4.69) is 11.4 Å². The molecule has 0 aliphatic carbocycles. The van der Waals surface area contributed by atoms with E-state index in [1.54, 1.807) is 4.90 Å². The zero-order valence-electron chi connectivity index (χ0n) is 10.3. The largest absolute Gasteiger partial charge is 0.449 e. The van der Waals surface area contributed by atoms with Gasteiger partial charge in [-0.3, -0.25) is 4.90 Å². The van der Waals surface area contributed by atoms with Crippen LogP contribution in [0, 0.1) is 0 Å². The Morgan fingerprint density at radius 1 is 1.53 bits per heavy atom. The van der Waals surface area contributed by atoms with Crippen molar-refractivity contribution in [1.82, 2.24) is 5.32 Å². The van der Waals surface area contributed by atoms with Crippen molar-refractivity contribution in [2.45, 2.75) is 19.4 Å². The molecule has 1 aromatic rings. The molecule has 1 atom stereocenters. The Morgan fingerprint density at radius 3 is 3.00 bits per heavy atom. The van der Waals surface area contributed by atoms with Gasteiger partial charge in [-0.05, 0) is 32.0 Å². The predicted molar refractivity (Wildman–Crippen MR) is 67.2 cm³/mol. The third-order valence-electron chi connectivity index (χ3n) is 3.08. The maximum atomic E-state index is 11.8. The molecular formula is C13H18N2O2. The zero-order chi connectivity index (χ0) is 12.3. The Labute approximate surface area is 102 Å². The van der Waals surface area contributed by atoms with Crippen molar-refractivity contribution >= 4 is 11.8 Å². The maximum Gasteiger partial charge on any atom is 0.414 e. The molecule has 2 rings (SSSR count). The average Bonchev–Trinajstić information content (AvgIpc) is 2.37. The molecule has 1 aliphatic rings. The van der Waals surface area contributed by atoms with E-state index >= 15 is 0 Å². The van der Waals surface area contributed by atoms with Crippen molar-refractivity contribution in [1.29, 1.82) is 0 Å². The number of rotatable bonds is 2. The number of carbonyl (C=O) groups excluding carboxylic acids is 1. The second-order valence-electron chi connectivity index (χ2n) is 4.04. The molecule has 17 heavy (non-hydrogen) atoms. The Morgan fingerprint density at radius 2 is 2.29 bits per heavy atom. The lowest BCUT2D eigenvalue weighted by Gasteiger charge is -2.33. The van der Waals surface area contributed by atoms with Crippen LogP contribution in [0.3, 0.4) is 0 Å². The summed E-state index contributed by atoms with van der Waals surface area (Å²) in [7, 11) is 1.95. The van der Waals surface area contributed by atoms with Crippen LogP contribution in [0.25, 0.3) is 0 Å². The van der Waals surface area contributed by atoms with Gasteiger partial charge in [0.2, 0.25) is 0 Å². The van der Waals surface area contributed by atoms with Crippen molar-refractivity contribution in [2.24, 2.45) is 0 Å². The van der Waals surface area contributed by atoms with Gasteiger partial charge in [0.05, 0.1) is 12.3 Å². The van der Waals surface area contributed by atoms with Crippen LogP contribution in [0.15, 0.2) is 24.3 Å². The van der Waals surface area contributed by atoms with Crippen LogP contribution in [-0.4, -0.2) is 26.3 Å². The SMILES string of the molecule is CCOC(=O)N1CCC(NC)c2ccccc21. The molecule has 0 saturated carbocycles. The molecule has 1 heterocycles. The molecule has 4 heteroatoms. The van der Waals surface area contributed by atoms with Gasteiger partial charge < -0.3 is 10.1 Å². The minimum Gasteiger partial charge on any atom is -0.449 e. The molecule has 0 bridgehead atoms. The first-order chi connectivity index (χ1) is 8.27. The fourth-order valence-corrected chi connectivity index (χ4v) is 2.25. The van der Waals surface area contributed by atoms with E-state index in [1.165, 1.54) is 0 Å². The lowest BCUT2D eigenvalue weighted by atomic mass is 9.97. The first kappa shape index (κ1) is 11.9. The summed E-state index contributed by atoms with van der Waals surface area (Å²) in [6.07, 6.45) is 0.654. The minimum atomic E-state index is -0.255. The quantitative estimate of drug-likeness (QED) is 0.853. The van der Waals surface area contributed by atoms with Gasteiger partial charge in [0.15, 0.2) is 0 Å². The molecular weight excluding hydrogens is 216 g/mol. The van der Waals surface area contributed by atoms with Crippen LogP contribution in [0.5, 0.6) is 0 Å². The number of fused-ring (bicyclic) bond motifs is 1. The zero-order valence-corrected chi connectivity index (χ0v) is 10.3. The summed E-state index contributed by atoms with van der Waals surface area (Å²) >= 11 is 0. The number of anilines is 1. The van der Waals surface area contributed by atoms with Crippen LogP contribution >= 0.6 is 0 Å². The molecule has 1 aromatic carbocycles. The summed E-state index contributed by atoms with van der Waals surface area (Å²) in [5.41, 5.74) is 2.12. The van der Waals surface area contributed by atoms with Gasteiger partial charge >= 0.3 is 6.09 Å². The standard InChI is InChI=1S/C13H18N2O2/c1-3-17-13(16)15-9-8-11(14-2)10-6-4-5-7-12(10)15/h4-7,11,14H,3,8-9H2,1-2H3. The molecule has 0 aromatic heterocycles. The van der Waals surface area contributed by atoms with Crippen molar-refractivity contribution in [3.8, 4) is 0 Å². The van der Waals surface area contributed by atoms with Crippen LogP contribution in [0.1, 0.15) is 24.9 Å². The summed E-state index contributed by atoms with van der Waals surface area (Å²) in [4.78, 5) is 13.6. The molecule has 1 N–H and O–H groups in total. The lowest BCUT2D eigenvalue weighted by molar-refractivity contribution is 0.159. The molecule has 1 aliphatic heterocycles. The van der Waals surface area contributed by atoms with E-state index in [9.17, 15) is 4.79 Å². The van der Waals surface area contributed by atoms with E-state index in [-0.39, 0.29) is 6.09 Å². The van der Waals surface area contributed by atoms with E-state index in [0.717, 1.165) is 17.7 Å². The maximum absolute atomic E-state index is 11.8. The summed E-state index contributed by atoms with van der Waals surface area (Å²) in [6.45, 7) is 2.93. The highest BCUT2D eigenvalue weighted by Gasteiger charge is 2.28. The number of benzene rings is 1. The van der Waals surface area contributed by atoms with Crippen LogP contribution < -0.4 is 10.2 Å². The van der Waals surface area contributed by atoms with Gasteiger partial charge in [-0.2, -0.15) is 0 Å². The highest BCUT2D eigenvalue weighted by Crippen LogP contribution is 2.33. The average molecular weight is 234 g/mol. The molecule has 0 fully saturated rings. The molecule has 1 unspecified atom stereocenters. The van der Waals surface area contributed by atoms with Crippen molar-refractivity contribution in [2.75, 3.05) is 25.1 Å². The Balaban J connectivity index is 2.31. The number of hydrogen-bond acceptors (Lipinski definition) is 3. The Kier molecular flexibility index (Phi) is 3.64. The van der Waals surface area contributed by atoms with Crippen molar-refractivity contribution in [3.63, 3.8) is 0 Å². The summed E-state index contributed by atoms with van der Waals surface area (Å²) in [5.74, 6) is 0. The van der Waals surface area contributed by atoms with Gasteiger partial charge in [-0.15, -0.1) is 0 Å². The predicted octanol–water partition coefficient (Wildman–Crippen LogP) is 2.31. The molecule has 4 nitrogen and oxygen atoms in total. The smallest absolute Gasteiger partial charge is 0.414 e. The Hall–Kier alpha value is -1.55. The third-order valence-corrected chi connectivity index (χ3v) is 3.08.